The number of hydrogen-bond donors (Lipinski definition) is 1. The van der Waals surface area contributed by atoms with Crippen LogP contribution in [0, 0.1) is 11.8 Å². The number of rotatable bonds is 7. The number of ether oxygens (including phenoxy) is 3. The quantitative estimate of drug-likeness (QED) is 0.676. The molecule has 3 fully saturated rings. The van der Waals surface area contributed by atoms with Gasteiger partial charge in [0.1, 0.15) is 5.60 Å². The summed E-state index contributed by atoms with van der Waals surface area (Å²) >= 11 is 0. The first kappa shape index (κ1) is 20.4. The second-order valence-electron chi connectivity index (χ2n) is 9.03. The van der Waals surface area contributed by atoms with Crippen molar-refractivity contribution in [2.45, 2.75) is 49.9 Å². The average Bonchev–Trinajstić information content (AvgIpc) is 3.55. The molecule has 0 radical (unpaired) electrons. The smallest absolute Gasteiger partial charge is 0.230 e. The third-order valence-corrected chi connectivity index (χ3v) is 7.36. The fourth-order valence-corrected chi connectivity index (χ4v) is 5.84. The third kappa shape index (κ3) is 3.30. The summed E-state index contributed by atoms with van der Waals surface area (Å²) in [6, 6.07) is 6.05. The van der Waals surface area contributed by atoms with E-state index in [1.807, 2.05) is 35.3 Å². The molecule has 1 aromatic carbocycles. The van der Waals surface area contributed by atoms with Gasteiger partial charge in [-0.05, 0) is 37.0 Å². The first-order chi connectivity index (χ1) is 15.1. The Morgan fingerprint density at radius 2 is 2.00 bits per heavy atom. The highest BCUT2D eigenvalue weighted by Gasteiger charge is 2.67. The van der Waals surface area contributed by atoms with Gasteiger partial charge in [0, 0.05) is 12.6 Å². The molecule has 5 rings (SSSR count). The summed E-state index contributed by atoms with van der Waals surface area (Å²) in [4.78, 5) is 28.4. The second kappa shape index (κ2) is 7.86. The number of nitrogens with one attached hydrogen (secondary N) is 1. The predicted octanol–water partition coefficient (Wildman–Crippen LogP) is 2.09. The van der Waals surface area contributed by atoms with E-state index in [4.69, 9.17) is 14.2 Å². The van der Waals surface area contributed by atoms with Crippen LogP contribution in [0.15, 0.2) is 30.4 Å². The van der Waals surface area contributed by atoms with E-state index in [0.717, 1.165) is 18.4 Å². The highest BCUT2D eigenvalue weighted by Crippen LogP contribution is 2.53. The lowest BCUT2D eigenvalue weighted by Crippen LogP contribution is -2.45. The Bertz CT molecular complexity index is 909. The summed E-state index contributed by atoms with van der Waals surface area (Å²) in [6.45, 7) is 1.07. The highest BCUT2D eigenvalue weighted by molar-refractivity contribution is 5.93. The zero-order valence-corrected chi connectivity index (χ0v) is 18.1. The summed E-state index contributed by atoms with van der Waals surface area (Å²) in [5.41, 5.74) is 0.429. The number of amides is 2. The highest BCUT2D eigenvalue weighted by atomic mass is 16.5. The molecule has 1 N–H and O–H groups in total. The molecule has 166 valence electrons. The van der Waals surface area contributed by atoms with E-state index in [-0.39, 0.29) is 17.9 Å². The number of benzene rings is 1. The molecule has 3 heterocycles. The standard InChI is InChI=1S/C24H30N2O5/c1-29-17-8-7-15(13-19(17)30-2)10-12-25-22(27)20-18-9-11-24(31-18)14-26(23(28)21(20)24)16-5-3-4-6-16/h7-9,11,13,16,18,20-21H,3-6,10,12,14H2,1-2H3,(H,25,27)/t18-,20+,21-,24-/m1/s1. The number of carbonyl (C=O) groups is 2. The lowest BCUT2D eigenvalue weighted by Gasteiger charge is -2.27. The van der Waals surface area contributed by atoms with Gasteiger partial charge in [-0.3, -0.25) is 9.59 Å². The van der Waals surface area contributed by atoms with Crippen LogP contribution in [0.2, 0.25) is 0 Å². The maximum atomic E-state index is 13.3. The molecule has 4 aliphatic rings. The van der Waals surface area contributed by atoms with Crippen molar-refractivity contribution in [2.24, 2.45) is 11.8 Å². The second-order valence-corrected chi connectivity index (χ2v) is 9.03. The Hall–Kier alpha value is -2.54. The zero-order valence-electron chi connectivity index (χ0n) is 18.1. The van der Waals surface area contributed by atoms with E-state index in [9.17, 15) is 9.59 Å². The summed E-state index contributed by atoms with van der Waals surface area (Å²) in [5, 5.41) is 3.04. The molecule has 7 heteroatoms. The fourth-order valence-electron chi connectivity index (χ4n) is 5.84. The van der Waals surface area contributed by atoms with Crippen LogP contribution >= 0.6 is 0 Å². The number of hydrogen-bond acceptors (Lipinski definition) is 5. The van der Waals surface area contributed by atoms with Crippen molar-refractivity contribution in [3.05, 3.63) is 35.9 Å². The first-order valence-corrected chi connectivity index (χ1v) is 11.2. The molecule has 2 bridgehead atoms. The molecule has 31 heavy (non-hydrogen) atoms. The van der Waals surface area contributed by atoms with Crippen LogP contribution in [0.4, 0.5) is 0 Å². The monoisotopic (exact) mass is 426 g/mol. The van der Waals surface area contributed by atoms with Crippen LogP contribution in [0.1, 0.15) is 31.2 Å². The van der Waals surface area contributed by atoms with Gasteiger partial charge < -0.3 is 24.4 Å². The molecule has 0 unspecified atom stereocenters. The minimum Gasteiger partial charge on any atom is -0.493 e. The molecule has 1 aromatic rings. The molecule has 0 aromatic heterocycles. The van der Waals surface area contributed by atoms with Crippen molar-refractivity contribution in [1.29, 1.82) is 0 Å². The van der Waals surface area contributed by atoms with Crippen molar-refractivity contribution in [3.8, 4) is 11.5 Å². The molecule has 3 aliphatic heterocycles. The van der Waals surface area contributed by atoms with Gasteiger partial charge in [-0.2, -0.15) is 0 Å². The van der Waals surface area contributed by atoms with Crippen molar-refractivity contribution in [1.82, 2.24) is 10.2 Å². The van der Waals surface area contributed by atoms with E-state index in [1.165, 1.54) is 12.8 Å². The molecule has 2 saturated heterocycles. The summed E-state index contributed by atoms with van der Waals surface area (Å²) < 4.78 is 16.9. The lowest BCUT2D eigenvalue weighted by atomic mass is 9.77. The van der Waals surface area contributed by atoms with Gasteiger partial charge in [0.05, 0.1) is 38.7 Å². The Labute approximate surface area is 182 Å². The van der Waals surface area contributed by atoms with Crippen molar-refractivity contribution in [3.63, 3.8) is 0 Å². The Morgan fingerprint density at radius 3 is 2.74 bits per heavy atom. The van der Waals surface area contributed by atoms with Crippen LogP contribution in [-0.2, 0) is 20.7 Å². The SMILES string of the molecule is COc1ccc(CCNC(=O)[C@H]2[C@H]3C=C[C@]4(CN(C5CCCC5)C(=O)[C@@H]24)O3)cc1OC. The zero-order chi connectivity index (χ0) is 21.6. The normalized spacial score (nSPS) is 31.4. The Morgan fingerprint density at radius 1 is 1.23 bits per heavy atom. The number of fused-ring (bicyclic) bond motifs is 1. The van der Waals surface area contributed by atoms with E-state index in [2.05, 4.69) is 5.32 Å². The fraction of sp³-hybridized carbons (Fsp3) is 0.583. The maximum Gasteiger partial charge on any atom is 0.230 e. The number of carbonyl (C=O) groups excluding carboxylic acids is 2. The molecule has 4 atom stereocenters. The number of methoxy groups -OCH3 is 2. The summed E-state index contributed by atoms with van der Waals surface area (Å²) in [5.74, 6) is 0.502. The van der Waals surface area contributed by atoms with Crippen LogP contribution in [-0.4, -0.2) is 61.8 Å². The minimum absolute atomic E-state index is 0.0941. The van der Waals surface area contributed by atoms with Gasteiger partial charge in [-0.25, -0.2) is 0 Å². The van der Waals surface area contributed by atoms with Crippen LogP contribution < -0.4 is 14.8 Å². The average molecular weight is 427 g/mol. The third-order valence-electron chi connectivity index (χ3n) is 7.36. The van der Waals surface area contributed by atoms with Crippen molar-refractivity contribution < 1.29 is 23.8 Å². The van der Waals surface area contributed by atoms with E-state index in [0.29, 0.717) is 37.1 Å². The lowest BCUT2D eigenvalue weighted by molar-refractivity contribution is -0.138. The Kier molecular flexibility index (Phi) is 5.16. The molecular weight excluding hydrogens is 396 g/mol. The van der Waals surface area contributed by atoms with Crippen LogP contribution in [0.3, 0.4) is 0 Å². The molecular formula is C24H30N2O5. The molecule has 2 amide bonds. The summed E-state index contributed by atoms with van der Waals surface area (Å²) in [6.07, 6.45) is 8.83. The molecule has 1 spiro atoms. The van der Waals surface area contributed by atoms with E-state index in [1.54, 1.807) is 14.2 Å². The Balaban J connectivity index is 1.24. The van der Waals surface area contributed by atoms with E-state index >= 15 is 0 Å². The van der Waals surface area contributed by atoms with Gasteiger partial charge in [-0.15, -0.1) is 0 Å². The summed E-state index contributed by atoms with van der Waals surface area (Å²) in [7, 11) is 3.21. The van der Waals surface area contributed by atoms with Gasteiger partial charge in [-0.1, -0.05) is 31.1 Å². The van der Waals surface area contributed by atoms with Crippen LogP contribution in [0.25, 0.3) is 0 Å². The van der Waals surface area contributed by atoms with Crippen LogP contribution in [0.5, 0.6) is 11.5 Å². The number of nitrogens with zero attached hydrogens (tertiary/aromatic N) is 1. The van der Waals surface area contributed by atoms with Crippen molar-refractivity contribution >= 4 is 11.8 Å². The van der Waals surface area contributed by atoms with Gasteiger partial charge >= 0.3 is 0 Å². The maximum absolute atomic E-state index is 13.3. The largest absolute Gasteiger partial charge is 0.493 e. The van der Waals surface area contributed by atoms with Gasteiger partial charge in [0.15, 0.2) is 11.5 Å². The molecule has 1 aliphatic carbocycles. The number of likely N-dealkylation sites (tertiary alicyclic amines) is 1. The predicted molar refractivity (Wildman–Crippen MR) is 114 cm³/mol. The van der Waals surface area contributed by atoms with Gasteiger partial charge in [0.25, 0.3) is 0 Å². The van der Waals surface area contributed by atoms with Crippen molar-refractivity contribution in [2.75, 3.05) is 27.3 Å². The first-order valence-electron chi connectivity index (χ1n) is 11.2. The van der Waals surface area contributed by atoms with E-state index < -0.39 is 17.4 Å². The molecule has 7 nitrogen and oxygen atoms in total. The minimum atomic E-state index is -0.615. The molecule has 1 saturated carbocycles. The van der Waals surface area contributed by atoms with Gasteiger partial charge in [0.2, 0.25) is 11.8 Å². The topological polar surface area (TPSA) is 77.1 Å².